The molecule has 0 aliphatic carbocycles. The summed E-state index contributed by atoms with van der Waals surface area (Å²) >= 11 is 0. The molecule has 0 N–H and O–H groups in total. The summed E-state index contributed by atoms with van der Waals surface area (Å²) in [6.07, 6.45) is 11.2. The van der Waals surface area contributed by atoms with Gasteiger partial charge < -0.3 is 0 Å². The molecule has 1 atom stereocenters. The monoisotopic (exact) mass is 262 g/mol. The Morgan fingerprint density at radius 3 is 2.06 bits per heavy atom. The summed E-state index contributed by atoms with van der Waals surface area (Å²) in [5.41, 5.74) is 0. The van der Waals surface area contributed by atoms with E-state index in [1.54, 1.807) is 0 Å². The Labute approximate surface area is 112 Å². The fourth-order valence-corrected chi connectivity index (χ4v) is 1.79. The molecular weight excluding hydrogens is 232 g/mol. The van der Waals surface area contributed by atoms with Crippen molar-refractivity contribution in [2.24, 2.45) is 0 Å². The maximum absolute atomic E-state index is 5.09. The smallest absolute Gasteiger partial charge is 0.0959 e. The van der Waals surface area contributed by atoms with Crippen molar-refractivity contribution < 1.29 is 19.9 Å². The molecule has 0 saturated heterocycles. The molecule has 0 aliphatic heterocycles. The zero-order valence-corrected chi connectivity index (χ0v) is 12.3. The second kappa shape index (κ2) is 14.9. The summed E-state index contributed by atoms with van der Waals surface area (Å²) in [5, 5.41) is 8.88. The van der Waals surface area contributed by atoms with Crippen molar-refractivity contribution in [2.75, 3.05) is 6.61 Å². The van der Waals surface area contributed by atoms with E-state index < -0.39 is 0 Å². The zero-order chi connectivity index (χ0) is 13.5. The van der Waals surface area contributed by atoms with Crippen molar-refractivity contribution in [2.45, 2.75) is 84.7 Å². The SMILES string of the molecule is CCCCCCCCCC(CC)OOOOCC. The van der Waals surface area contributed by atoms with Gasteiger partial charge in [0.25, 0.3) is 0 Å². The summed E-state index contributed by atoms with van der Waals surface area (Å²) < 4.78 is 0. The van der Waals surface area contributed by atoms with Crippen LogP contribution in [0.25, 0.3) is 0 Å². The molecule has 0 heterocycles. The van der Waals surface area contributed by atoms with Gasteiger partial charge in [-0.15, -0.1) is 0 Å². The van der Waals surface area contributed by atoms with Crippen molar-refractivity contribution in [1.29, 1.82) is 0 Å². The Morgan fingerprint density at radius 2 is 1.44 bits per heavy atom. The van der Waals surface area contributed by atoms with Crippen molar-refractivity contribution >= 4 is 0 Å². The van der Waals surface area contributed by atoms with Crippen molar-refractivity contribution in [3.8, 4) is 0 Å². The quantitative estimate of drug-likeness (QED) is 0.257. The van der Waals surface area contributed by atoms with Gasteiger partial charge in [-0.05, 0) is 29.8 Å². The predicted octanol–water partition coefficient (Wildman–Crippen LogP) is 4.74. The third-order valence-corrected chi connectivity index (χ3v) is 2.95. The van der Waals surface area contributed by atoms with Crippen molar-refractivity contribution in [1.82, 2.24) is 0 Å². The fraction of sp³-hybridized carbons (Fsp3) is 1.00. The zero-order valence-electron chi connectivity index (χ0n) is 12.3. The van der Waals surface area contributed by atoms with E-state index in [9.17, 15) is 0 Å². The van der Waals surface area contributed by atoms with Crippen molar-refractivity contribution in [3.05, 3.63) is 0 Å². The van der Waals surface area contributed by atoms with Crippen LogP contribution in [0, 0.1) is 0 Å². The summed E-state index contributed by atoms with van der Waals surface area (Å²) in [6, 6.07) is 0. The molecule has 0 aromatic carbocycles. The molecule has 0 aromatic heterocycles. The molecule has 4 heteroatoms. The first-order chi connectivity index (χ1) is 8.85. The van der Waals surface area contributed by atoms with Crippen LogP contribution in [0.2, 0.25) is 0 Å². The van der Waals surface area contributed by atoms with Crippen LogP contribution in [0.3, 0.4) is 0 Å². The number of hydrogen-bond donors (Lipinski definition) is 0. The van der Waals surface area contributed by atoms with E-state index in [2.05, 4.69) is 28.8 Å². The molecule has 110 valence electrons. The highest BCUT2D eigenvalue weighted by Crippen LogP contribution is 2.13. The highest BCUT2D eigenvalue weighted by molar-refractivity contribution is 4.54. The maximum atomic E-state index is 5.09. The van der Waals surface area contributed by atoms with E-state index in [-0.39, 0.29) is 6.10 Å². The van der Waals surface area contributed by atoms with Crippen LogP contribution in [0.5, 0.6) is 0 Å². The van der Waals surface area contributed by atoms with Gasteiger partial charge in [0.2, 0.25) is 0 Å². The Kier molecular flexibility index (Phi) is 14.8. The lowest BCUT2D eigenvalue weighted by atomic mass is 10.1. The third kappa shape index (κ3) is 12.3. The van der Waals surface area contributed by atoms with Gasteiger partial charge in [0.15, 0.2) is 0 Å². The van der Waals surface area contributed by atoms with Gasteiger partial charge in [0.1, 0.15) is 0 Å². The number of hydrogen-bond acceptors (Lipinski definition) is 4. The number of unbranched alkanes of at least 4 members (excludes halogenated alkanes) is 6. The van der Waals surface area contributed by atoms with Crippen LogP contribution in [0.4, 0.5) is 0 Å². The summed E-state index contributed by atoms with van der Waals surface area (Å²) in [6.45, 7) is 6.58. The van der Waals surface area contributed by atoms with Gasteiger partial charge in [-0.2, -0.15) is 0 Å². The molecular formula is C14H30O4. The Morgan fingerprint density at radius 1 is 0.778 bits per heavy atom. The van der Waals surface area contributed by atoms with Crippen LogP contribution in [-0.4, -0.2) is 12.7 Å². The van der Waals surface area contributed by atoms with E-state index in [0.717, 1.165) is 12.8 Å². The lowest BCUT2D eigenvalue weighted by Crippen LogP contribution is -2.12. The highest BCUT2D eigenvalue weighted by Gasteiger charge is 2.08. The van der Waals surface area contributed by atoms with Crippen LogP contribution in [-0.2, 0) is 19.9 Å². The molecule has 0 aliphatic rings. The van der Waals surface area contributed by atoms with E-state index in [1.165, 1.54) is 44.9 Å². The third-order valence-electron chi connectivity index (χ3n) is 2.95. The summed E-state index contributed by atoms with van der Waals surface area (Å²) in [4.78, 5) is 9.65. The van der Waals surface area contributed by atoms with Gasteiger partial charge in [0.05, 0.1) is 12.7 Å². The summed E-state index contributed by atoms with van der Waals surface area (Å²) in [5.74, 6) is 0. The summed E-state index contributed by atoms with van der Waals surface area (Å²) in [7, 11) is 0. The lowest BCUT2D eigenvalue weighted by molar-refractivity contribution is -0.641. The van der Waals surface area contributed by atoms with Crippen molar-refractivity contribution in [3.63, 3.8) is 0 Å². The molecule has 1 unspecified atom stereocenters. The van der Waals surface area contributed by atoms with E-state index in [0.29, 0.717) is 6.61 Å². The average Bonchev–Trinajstić information content (AvgIpc) is 2.40. The minimum Gasteiger partial charge on any atom is -0.204 e. The highest BCUT2D eigenvalue weighted by atomic mass is 17.7. The van der Waals surface area contributed by atoms with Crippen LogP contribution >= 0.6 is 0 Å². The number of rotatable bonds is 14. The topological polar surface area (TPSA) is 36.9 Å². The molecule has 18 heavy (non-hydrogen) atoms. The predicted molar refractivity (Wildman–Crippen MR) is 71.6 cm³/mol. The van der Waals surface area contributed by atoms with Crippen LogP contribution < -0.4 is 0 Å². The molecule has 0 aromatic rings. The second-order valence-corrected chi connectivity index (χ2v) is 4.58. The molecule has 0 fully saturated rings. The molecule has 0 bridgehead atoms. The standard InChI is InChI=1S/C14H30O4/c1-4-7-8-9-10-11-12-13-14(5-2)16-18-17-15-6-3/h14H,4-13H2,1-3H3. The molecule has 0 spiro atoms. The Hall–Kier alpha value is -0.160. The first-order valence-electron chi connectivity index (χ1n) is 7.46. The molecule has 0 radical (unpaired) electrons. The molecule has 0 saturated carbocycles. The van der Waals surface area contributed by atoms with Gasteiger partial charge in [-0.1, -0.05) is 58.8 Å². The van der Waals surface area contributed by atoms with Gasteiger partial charge in [0, 0.05) is 0 Å². The first-order valence-corrected chi connectivity index (χ1v) is 7.46. The lowest BCUT2D eigenvalue weighted by Gasteiger charge is -2.12. The normalized spacial score (nSPS) is 12.8. The minimum atomic E-state index is 0.0982. The van der Waals surface area contributed by atoms with Gasteiger partial charge in [-0.3, -0.25) is 0 Å². The molecule has 0 amide bonds. The Bertz CT molecular complexity index is 153. The second-order valence-electron chi connectivity index (χ2n) is 4.58. The van der Waals surface area contributed by atoms with Gasteiger partial charge >= 0.3 is 0 Å². The maximum Gasteiger partial charge on any atom is 0.0959 e. The molecule has 4 nitrogen and oxygen atoms in total. The van der Waals surface area contributed by atoms with Crippen LogP contribution in [0.1, 0.15) is 78.6 Å². The van der Waals surface area contributed by atoms with E-state index in [1.807, 2.05) is 6.92 Å². The van der Waals surface area contributed by atoms with Gasteiger partial charge in [-0.25, -0.2) is 9.78 Å². The average molecular weight is 262 g/mol. The fourth-order valence-electron chi connectivity index (χ4n) is 1.79. The first kappa shape index (κ1) is 17.8. The largest absolute Gasteiger partial charge is 0.204 e. The Balaban J connectivity index is 3.27. The minimum absolute atomic E-state index is 0.0982. The van der Waals surface area contributed by atoms with E-state index in [4.69, 9.17) is 4.89 Å². The van der Waals surface area contributed by atoms with Crippen LogP contribution in [0.15, 0.2) is 0 Å². The molecule has 0 rings (SSSR count). The van der Waals surface area contributed by atoms with E-state index >= 15 is 0 Å².